The minimum atomic E-state index is 0.00694. The van der Waals surface area contributed by atoms with E-state index in [-0.39, 0.29) is 24.6 Å². The number of aliphatic hydroxyl groups is 1. The Morgan fingerprint density at radius 3 is 3.00 bits per heavy atom. The first kappa shape index (κ1) is 12.6. The highest BCUT2D eigenvalue weighted by Gasteiger charge is 2.25. The summed E-state index contributed by atoms with van der Waals surface area (Å²) in [6, 6.07) is 0.216. The van der Waals surface area contributed by atoms with Crippen molar-refractivity contribution in [3.8, 4) is 0 Å². The summed E-state index contributed by atoms with van der Waals surface area (Å²) in [6.45, 7) is 3.65. The third-order valence-corrected chi connectivity index (χ3v) is 3.45. The molecule has 0 aromatic carbocycles. The number of nitrogens with one attached hydrogen (secondary N) is 1. The number of nitrogens with zero attached hydrogens (tertiary/aromatic N) is 1. The number of hydrogen-bond acceptors (Lipinski definition) is 3. The van der Waals surface area contributed by atoms with Gasteiger partial charge in [-0.3, -0.25) is 0 Å². The van der Waals surface area contributed by atoms with E-state index in [0.29, 0.717) is 6.54 Å². The van der Waals surface area contributed by atoms with E-state index in [1.165, 1.54) is 0 Å². The zero-order chi connectivity index (χ0) is 11.3. The Kier molecular flexibility index (Phi) is 5.25. The number of amides is 2. The Hall–Kier alpha value is -0.420. The molecule has 0 aromatic rings. The number of likely N-dealkylation sites (tertiary alicyclic amines) is 1. The van der Waals surface area contributed by atoms with Crippen LogP contribution >= 0.6 is 11.8 Å². The molecule has 1 heterocycles. The zero-order valence-electron chi connectivity index (χ0n) is 9.40. The molecule has 0 saturated carbocycles. The van der Waals surface area contributed by atoms with E-state index in [2.05, 4.69) is 5.32 Å². The Labute approximate surface area is 95.4 Å². The van der Waals surface area contributed by atoms with Crippen LogP contribution in [-0.2, 0) is 0 Å². The molecule has 0 aromatic heterocycles. The summed E-state index contributed by atoms with van der Waals surface area (Å²) < 4.78 is 0. The molecule has 1 aliphatic heterocycles. The molecule has 1 fully saturated rings. The minimum absolute atomic E-state index is 0.00694. The average molecular weight is 232 g/mol. The van der Waals surface area contributed by atoms with Gasteiger partial charge in [-0.1, -0.05) is 0 Å². The van der Waals surface area contributed by atoms with Crippen molar-refractivity contribution in [2.24, 2.45) is 5.92 Å². The highest BCUT2D eigenvalue weighted by atomic mass is 32.2. The van der Waals surface area contributed by atoms with Gasteiger partial charge in [-0.05, 0) is 19.6 Å². The van der Waals surface area contributed by atoms with Crippen molar-refractivity contribution >= 4 is 17.8 Å². The lowest BCUT2D eigenvalue weighted by Gasteiger charge is -2.20. The van der Waals surface area contributed by atoms with Gasteiger partial charge >= 0.3 is 6.03 Å². The molecule has 2 amide bonds. The maximum atomic E-state index is 11.7. The molecule has 15 heavy (non-hydrogen) atoms. The van der Waals surface area contributed by atoms with E-state index in [1.54, 1.807) is 16.7 Å². The monoisotopic (exact) mass is 232 g/mol. The molecule has 4 nitrogen and oxygen atoms in total. The summed E-state index contributed by atoms with van der Waals surface area (Å²) in [5.41, 5.74) is 0. The number of thioether (sulfide) groups is 1. The molecule has 1 aliphatic rings. The lowest BCUT2D eigenvalue weighted by molar-refractivity contribution is 0.196. The van der Waals surface area contributed by atoms with Crippen LogP contribution in [0, 0.1) is 5.92 Å². The highest BCUT2D eigenvalue weighted by molar-refractivity contribution is 7.98. The summed E-state index contributed by atoms with van der Waals surface area (Å²) in [6.07, 6.45) is 2.95. The van der Waals surface area contributed by atoms with Gasteiger partial charge in [0.15, 0.2) is 0 Å². The number of urea groups is 1. The maximum absolute atomic E-state index is 11.7. The lowest BCUT2D eigenvalue weighted by Crippen LogP contribution is -2.43. The van der Waals surface area contributed by atoms with Crippen molar-refractivity contribution in [2.75, 3.05) is 31.7 Å². The summed E-state index contributed by atoms with van der Waals surface area (Å²) in [7, 11) is 0. The first-order valence-corrected chi connectivity index (χ1v) is 6.72. The standard InChI is InChI=1S/C10H20N2O2S/c1-8(7-15-2)11-10(14)12-4-3-9(5-12)6-13/h8-9,13H,3-7H2,1-2H3,(H,11,14). The van der Waals surface area contributed by atoms with Gasteiger partial charge in [-0.25, -0.2) is 4.79 Å². The minimum Gasteiger partial charge on any atom is -0.396 e. The Bertz CT molecular complexity index is 214. The topological polar surface area (TPSA) is 52.6 Å². The van der Waals surface area contributed by atoms with Gasteiger partial charge in [-0.15, -0.1) is 0 Å². The molecule has 1 rings (SSSR count). The summed E-state index contributed by atoms with van der Waals surface area (Å²) in [5.74, 6) is 1.20. The van der Waals surface area contributed by atoms with E-state index in [4.69, 9.17) is 5.11 Å². The van der Waals surface area contributed by atoms with Gasteiger partial charge in [0.2, 0.25) is 0 Å². The average Bonchev–Trinajstić information content (AvgIpc) is 2.66. The predicted octanol–water partition coefficient (Wildman–Crippen LogP) is 0.762. The fourth-order valence-corrected chi connectivity index (χ4v) is 2.34. The quantitative estimate of drug-likeness (QED) is 0.752. The first-order chi connectivity index (χ1) is 7.17. The van der Waals surface area contributed by atoms with Crippen LogP contribution in [0.15, 0.2) is 0 Å². The van der Waals surface area contributed by atoms with Crippen molar-refractivity contribution in [3.63, 3.8) is 0 Å². The second-order valence-corrected chi connectivity index (χ2v) is 5.00. The second kappa shape index (κ2) is 6.23. The molecule has 1 saturated heterocycles. The van der Waals surface area contributed by atoms with Crippen LogP contribution in [0.3, 0.4) is 0 Å². The van der Waals surface area contributed by atoms with Gasteiger partial charge in [0.05, 0.1) is 0 Å². The van der Waals surface area contributed by atoms with Crippen molar-refractivity contribution < 1.29 is 9.90 Å². The molecule has 2 atom stereocenters. The Morgan fingerprint density at radius 2 is 2.47 bits per heavy atom. The van der Waals surface area contributed by atoms with E-state index < -0.39 is 0 Å². The number of carbonyl (C=O) groups is 1. The molecular weight excluding hydrogens is 212 g/mol. The molecule has 5 heteroatoms. The normalized spacial score (nSPS) is 22.9. The van der Waals surface area contributed by atoms with Crippen molar-refractivity contribution in [2.45, 2.75) is 19.4 Å². The smallest absolute Gasteiger partial charge is 0.317 e. The molecule has 88 valence electrons. The molecule has 0 spiro atoms. The summed E-state index contributed by atoms with van der Waals surface area (Å²) in [4.78, 5) is 13.5. The van der Waals surface area contributed by atoms with E-state index >= 15 is 0 Å². The summed E-state index contributed by atoms with van der Waals surface area (Å²) >= 11 is 1.73. The first-order valence-electron chi connectivity index (χ1n) is 5.32. The van der Waals surface area contributed by atoms with Crippen LogP contribution in [0.1, 0.15) is 13.3 Å². The van der Waals surface area contributed by atoms with Gasteiger partial charge in [0, 0.05) is 37.4 Å². The van der Waals surface area contributed by atoms with Crippen LogP contribution < -0.4 is 5.32 Å². The molecular formula is C10H20N2O2S. The maximum Gasteiger partial charge on any atom is 0.317 e. The zero-order valence-corrected chi connectivity index (χ0v) is 10.2. The number of carbonyl (C=O) groups excluding carboxylic acids is 1. The van der Waals surface area contributed by atoms with Crippen molar-refractivity contribution in [1.82, 2.24) is 10.2 Å². The molecule has 2 unspecified atom stereocenters. The van der Waals surface area contributed by atoms with Crippen LogP contribution in [0.25, 0.3) is 0 Å². The molecule has 0 bridgehead atoms. The van der Waals surface area contributed by atoms with Crippen LogP contribution in [-0.4, -0.2) is 53.8 Å². The van der Waals surface area contributed by atoms with Crippen molar-refractivity contribution in [1.29, 1.82) is 0 Å². The number of rotatable bonds is 4. The van der Waals surface area contributed by atoms with Gasteiger partial charge in [0.1, 0.15) is 0 Å². The lowest BCUT2D eigenvalue weighted by atomic mass is 10.1. The fourth-order valence-electron chi connectivity index (χ4n) is 1.76. The second-order valence-electron chi connectivity index (χ2n) is 4.09. The Morgan fingerprint density at radius 1 is 1.73 bits per heavy atom. The molecule has 0 radical (unpaired) electrons. The highest BCUT2D eigenvalue weighted by Crippen LogP contribution is 2.15. The van der Waals surface area contributed by atoms with Gasteiger partial charge in [-0.2, -0.15) is 11.8 Å². The SMILES string of the molecule is CSCC(C)NC(=O)N1CCC(CO)C1. The van der Waals surface area contributed by atoms with E-state index in [9.17, 15) is 4.79 Å². The van der Waals surface area contributed by atoms with E-state index in [1.807, 2.05) is 13.2 Å². The van der Waals surface area contributed by atoms with Crippen LogP contribution in [0.2, 0.25) is 0 Å². The van der Waals surface area contributed by atoms with Gasteiger partial charge in [0.25, 0.3) is 0 Å². The van der Waals surface area contributed by atoms with Crippen molar-refractivity contribution in [3.05, 3.63) is 0 Å². The van der Waals surface area contributed by atoms with Crippen LogP contribution in [0.5, 0.6) is 0 Å². The van der Waals surface area contributed by atoms with E-state index in [0.717, 1.165) is 18.7 Å². The number of hydrogen-bond donors (Lipinski definition) is 2. The third-order valence-electron chi connectivity index (χ3n) is 2.62. The predicted molar refractivity (Wildman–Crippen MR) is 63.1 cm³/mol. The number of aliphatic hydroxyl groups excluding tert-OH is 1. The van der Waals surface area contributed by atoms with Gasteiger partial charge < -0.3 is 15.3 Å². The largest absolute Gasteiger partial charge is 0.396 e. The van der Waals surface area contributed by atoms with Crippen LogP contribution in [0.4, 0.5) is 4.79 Å². The summed E-state index contributed by atoms with van der Waals surface area (Å²) in [5, 5.41) is 11.9. The fraction of sp³-hybridized carbons (Fsp3) is 0.900. The molecule has 2 N–H and O–H groups in total. The molecule has 0 aliphatic carbocycles. The Balaban J connectivity index is 2.29. The third kappa shape index (κ3) is 3.91.